The average molecular weight is 459 g/mol. The van der Waals surface area contributed by atoms with Crippen LogP contribution in [0.5, 0.6) is 0 Å². The fraction of sp³-hybridized carbons (Fsp3) is 0.0769. The molecule has 9 heteroatoms. The summed E-state index contributed by atoms with van der Waals surface area (Å²) in [5.41, 5.74) is -1.58. The first-order valence-electron chi connectivity index (χ1n) is 5.75. The molecule has 22 heavy (non-hydrogen) atoms. The average Bonchev–Trinajstić information content (AvgIpc) is 2.40. The van der Waals surface area contributed by atoms with Gasteiger partial charge in [-0.05, 0) is 46.3 Å². The van der Waals surface area contributed by atoms with Crippen molar-refractivity contribution >= 4 is 47.6 Å². The second-order valence-corrected chi connectivity index (χ2v) is 7.64. The molecular weight excluding hydrogens is 451 g/mol. The normalized spacial score (nSPS) is 12.2. The summed E-state index contributed by atoms with van der Waals surface area (Å²) >= 11 is 6.20. The minimum Gasteiger partial charge on any atom is -0.279 e. The molecule has 0 aliphatic heterocycles. The van der Waals surface area contributed by atoms with Crippen LogP contribution in [-0.2, 0) is 16.2 Å². The van der Waals surface area contributed by atoms with E-state index in [0.29, 0.717) is 4.47 Å². The lowest BCUT2D eigenvalue weighted by atomic mass is 10.2. The van der Waals surface area contributed by atoms with Gasteiger partial charge in [0.2, 0.25) is 0 Å². The van der Waals surface area contributed by atoms with Crippen LogP contribution in [0.15, 0.2) is 56.3 Å². The molecule has 0 saturated heterocycles. The molecule has 0 unspecified atom stereocenters. The van der Waals surface area contributed by atoms with Crippen LogP contribution in [0, 0.1) is 0 Å². The number of sulfonamides is 1. The molecule has 0 radical (unpaired) electrons. The Morgan fingerprint density at radius 2 is 1.64 bits per heavy atom. The Hall–Kier alpha value is -1.06. The highest BCUT2D eigenvalue weighted by Crippen LogP contribution is 2.36. The highest BCUT2D eigenvalue weighted by atomic mass is 79.9. The third-order valence-corrected chi connectivity index (χ3v) is 5.51. The van der Waals surface area contributed by atoms with Gasteiger partial charge in [0.15, 0.2) is 0 Å². The maximum atomic E-state index is 12.9. The molecule has 0 amide bonds. The second kappa shape index (κ2) is 6.21. The number of rotatable bonds is 3. The SMILES string of the molecule is O=S(=O)(Nc1ccccc1C(F)(F)F)c1cc(Br)ccc1Br. The van der Waals surface area contributed by atoms with E-state index in [1.54, 1.807) is 6.07 Å². The van der Waals surface area contributed by atoms with E-state index in [-0.39, 0.29) is 9.37 Å². The molecule has 0 spiro atoms. The molecule has 0 aromatic heterocycles. The van der Waals surface area contributed by atoms with E-state index >= 15 is 0 Å². The van der Waals surface area contributed by atoms with Crippen LogP contribution in [0.3, 0.4) is 0 Å². The number of nitrogens with one attached hydrogen (secondary N) is 1. The van der Waals surface area contributed by atoms with E-state index in [1.165, 1.54) is 24.3 Å². The van der Waals surface area contributed by atoms with E-state index in [1.807, 2.05) is 4.72 Å². The van der Waals surface area contributed by atoms with Crippen LogP contribution in [0.2, 0.25) is 0 Å². The van der Waals surface area contributed by atoms with Gasteiger partial charge in [0.1, 0.15) is 4.90 Å². The van der Waals surface area contributed by atoms with Gasteiger partial charge in [-0.2, -0.15) is 13.2 Å². The molecule has 0 aliphatic carbocycles. The van der Waals surface area contributed by atoms with E-state index < -0.39 is 27.5 Å². The maximum absolute atomic E-state index is 12.9. The molecule has 2 rings (SSSR count). The van der Waals surface area contributed by atoms with E-state index in [0.717, 1.165) is 12.1 Å². The van der Waals surface area contributed by atoms with Crippen LogP contribution < -0.4 is 4.72 Å². The largest absolute Gasteiger partial charge is 0.418 e. The molecule has 3 nitrogen and oxygen atoms in total. The number of halogens is 5. The van der Waals surface area contributed by atoms with Crippen molar-refractivity contribution in [3.8, 4) is 0 Å². The van der Waals surface area contributed by atoms with Gasteiger partial charge < -0.3 is 0 Å². The lowest BCUT2D eigenvalue weighted by Crippen LogP contribution is -2.17. The highest BCUT2D eigenvalue weighted by Gasteiger charge is 2.34. The number of alkyl halides is 3. The summed E-state index contributed by atoms with van der Waals surface area (Å²) in [4.78, 5) is -0.168. The highest BCUT2D eigenvalue weighted by molar-refractivity contribution is 9.11. The van der Waals surface area contributed by atoms with Crippen molar-refractivity contribution in [1.29, 1.82) is 0 Å². The fourth-order valence-corrected chi connectivity index (χ4v) is 4.29. The Balaban J connectivity index is 2.49. The monoisotopic (exact) mass is 457 g/mol. The van der Waals surface area contributed by atoms with Crippen LogP contribution in [0.1, 0.15) is 5.56 Å². The summed E-state index contributed by atoms with van der Waals surface area (Å²) in [6.45, 7) is 0. The number of hydrogen-bond acceptors (Lipinski definition) is 2. The Kier molecular flexibility index (Phi) is 4.88. The predicted molar refractivity (Wildman–Crippen MR) is 84.1 cm³/mol. The molecule has 1 N–H and O–H groups in total. The minimum atomic E-state index is -4.66. The summed E-state index contributed by atoms with van der Waals surface area (Å²) in [7, 11) is -4.18. The van der Waals surface area contributed by atoms with Gasteiger partial charge >= 0.3 is 6.18 Å². The fourth-order valence-electron chi connectivity index (χ4n) is 1.70. The van der Waals surface area contributed by atoms with Gasteiger partial charge in [-0.1, -0.05) is 28.1 Å². The van der Waals surface area contributed by atoms with Crippen molar-refractivity contribution in [3.63, 3.8) is 0 Å². The van der Waals surface area contributed by atoms with Gasteiger partial charge in [0, 0.05) is 8.95 Å². The Bertz CT molecular complexity index is 807. The van der Waals surface area contributed by atoms with Crippen molar-refractivity contribution in [1.82, 2.24) is 0 Å². The van der Waals surface area contributed by atoms with Gasteiger partial charge in [-0.15, -0.1) is 0 Å². The van der Waals surface area contributed by atoms with E-state index in [9.17, 15) is 21.6 Å². The number of benzene rings is 2. The second-order valence-electron chi connectivity index (χ2n) is 4.22. The van der Waals surface area contributed by atoms with Crippen LogP contribution >= 0.6 is 31.9 Å². The molecule has 2 aromatic carbocycles. The third-order valence-electron chi connectivity index (χ3n) is 2.66. The van der Waals surface area contributed by atoms with E-state index in [2.05, 4.69) is 31.9 Å². The lowest BCUT2D eigenvalue weighted by Gasteiger charge is -2.15. The minimum absolute atomic E-state index is 0.168. The van der Waals surface area contributed by atoms with Gasteiger partial charge in [-0.25, -0.2) is 8.42 Å². The summed E-state index contributed by atoms with van der Waals surface area (Å²) in [5.74, 6) is 0. The van der Waals surface area contributed by atoms with Crippen LogP contribution in [0.25, 0.3) is 0 Å². The molecule has 118 valence electrons. The molecule has 0 saturated carbocycles. The Labute approximate surface area is 141 Å². The van der Waals surface area contributed by atoms with Crippen molar-refractivity contribution in [3.05, 3.63) is 57.0 Å². The molecule has 2 aromatic rings. The first kappa shape index (κ1) is 17.3. The number of para-hydroxylation sites is 1. The van der Waals surface area contributed by atoms with Gasteiger partial charge in [0.25, 0.3) is 10.0 Å². The van der Waals surface area contributed by atoms with Crippen molar-refractivity contribution in [2.75, 3.05) is 4.72 Å². The van der Waals surface area contributed by atoms with Crippen LogP contribution in [-0.4, -0.2) is 8.42 Å². The third kappa shape index (κ3) is 3.82. The van der Waals surface area contributed by atoms with Crippen LogP contribution in [0.4, 0.5) is 18.9 Å². The predicted octanol–water partition coefficient (Wildman–Crippen LogP) is 5.03. The molecular formula is C13H8Br2F3NO2S. The lowest BCUT2D eigenvalue weighted by molar-refractivity contribution is -0.136. The summed E-state index contributed by atoms with van der Waals surface area (Å²) < 4.78 is 66.1. The van der Waals surface area contributed by atoms with Crippen molar-refractivity contribution < 1.29 is 21.6 Å². The molecule has 0 bridgehead atoms. The summed E-state index contributed by atoms with van der Waals surface area (Å²) in [5, 5.41) is 0. The zero-order chi connectivity index (χ0) is 16.5. The molecule has 0 heterocycles. The summed E-state index contributed by atoms with van der Waals surface area (Å²) in [6.07, 6.45) is -4.66. The Morgan fingerprint density at radius 1 is 1.00 bits per heavy atom. The maximum Gasteiger partial charge on any atom is 0.418 e. The standard InChI is InChI=1S/C13H8Br2F3NO2S/c14-8-5-6-10(15)12(7-8)22(20,21)19-11-4-2-1-3-9(11)13(16,17)18/h1-7,19H. The molecule has 0 fully saturated rings. The van der Waals surface area contributed by atoms with Crippen molar-refractivity contribution in [2.45, 2.75) is 11.1 Å². The quantitative estimate of drug-likeness (QED) is 0.700. The topological polar surface area (TPSA) is 46.2 Å². The zero-order valence-corrected chi connectivity index (χ0v) is 14.6. The number of hydrogen-bond donors (Lipinski definition) is 1. The number of anilines is 1. The zero-order valence-electron chi connectivity index (χ0n) is 10.7. The van der Waals surface area contributed by atoms with Gasteiger partial charge in [-0.3, -0.25) is 4.72 Å². The Morgan fingerprint density at radius 3 is 2.27 bits per heavy atom. The first-order valence-corrected chi connectivity index (χ1v) is 8.82. The van der Waals surface area contributed by atoms with Crippen molar-refractivity contribution in [2.24, 2.45) is 0 Å². The van der Waals surface area contributed by atoms with Gasteiger partial charge in [0.05, 0.1) is 11.3 Å². The first-order chi connectivity index (χ1) is 10.1. The van der Waals surface area contributed by atoms with E-state index in [4.69, 9.17) is 0 Å². The smallest absolute Gasteiger partial charge is 0.279 e. The molecule has 0 aliphatic rings. The molecule has 0 atom stereocenters. The summed E-state index contributed by atoms with van der Waals surface area (Å²) in [6, 6.07) is 8.77.